The van der Waals surface area contributed by atoms with E-state index >= 15 is 0 Å². The number of methoxy groups -OCH3 is 1. The van der Waals surface area contributed by atoms with Crippen molar-refractivity contribution in [3.05, 3.63) is 87.0 Å². The molecule has 0 spiro atoms. The van der Waals surface area contributed by atoms with Gasteiger partial charge >= 0.3 is 5.97 Å². The van der Waals surface area contributed by atoms with Crippen LogP contribution in [0.3, 0.4) is 0 Å². The Morgan fingerprint density at radius 2 is 1.79 bits per heavy atom. The van der Waals surface area contributed by atoms with Crippen molar-refractivity contribution in [2.45, 2.75) is 19.8 Å². The van der Waals surface area contributed by atoms with Gasteiger partial charge in [0.25, 0.3) is 5.91 Å². The van der Waals surface area contributed by atoms with Gasteiger partial charge in [0.2, 0.25) is 0 Å². The summed E-state index contributed by atoms with van der Waals surface area (Å²) >= 11 is 2.10. The minimum absolute atomic E-state index is 0.274. The zero-order chi connectivity index (χ0) is 24.3. The van der Waals surface area contributed by atoms with Gasteiger partial charge < -0.3 is 14.2 Å². The number of hydrogen-bond acceptors (Lipinski definition) is 6. The number of hydrogen-bond donors (Lipinski definition) is 1. The number of unbranched alkanes of at least 4 members (excludes halogenated alkanes) is 1. The lowest BCUT2D eigenvalue weighted by atomic mass is 10.2. The lowest BCUT2D eigenvalue weighted by Crippen LogP contribution is -2.18. The highest BCUT2D eigenvalue weighted by molar-refractivity contribution is 14.1. The number of esters is 1. The first-order chi connectivity index (χ1) is 16.5. The number of nitrogens with zero attached hydrogens (tertiary/aromatic N) is 1. The van der Waals surface area contributed by atoms with Crippen LogP contribution in [0.4, 0.5) is 0 Å². The van der Waals surface area contributed by atoms with Crippen LogP contribution in [-0.4, -0.2) is 31.8 Å². The van der Waals surface area contributed by atoms with Gasteiger partial charge in [-0.1, -0.05) is 25.5 Å². The van der Waals surface area contributed by atoms with E-state index in [4.69, 9.17) is 14.2 Å². The van der Waals surface area contributed by atoms with Crippen LogP contribution in [-0.2, 0) is 0 Å². The van der Waals surface area contributed by atoms with Gasteiger partial charge in [-0.2, -0.15) is 5.10 Å². The largest absolute Gasteiger partial charge is 0.494 e. The van der Waals surface area contributed by atoms with E-state index in [2.05, 4.69) is 40.0 Å². The Hall–Kier alpha value is -3.40. The molecule has 3 rings (SSSR count). The number of benzene rings is 3. The van der Waals surface area contributed by atoms with E-state index in [0.29, 0.717) is 34.8 Å². The van der Waals surface area contributed by atoms with Crippen LogP contribution >= 0.6 is 22.6 Å². The summed E-state index contributed by atoms with van der Waals surface area (Å²) < 4.78 is 17.3. The highest BCUT2D eigenvalue weighted by atomic mass is 127. The number of amides is 1. The average Bonchev–Trinajstić information content (AvgIpc) is 2.85. The summed E-state index contributed by atoms with van der Waals surface area (Å²) in [6.45, 7) is 2.74. The molecule has 0 radical (unpaired) electrons. The molecule has 0 saturated heterocycles. The molecule has 0 aliphatic rings. The summed E-state index contributed by atoms with van der Waals surface area (Å²) in [5.41, 5.74) is 4.10. The fraction of sp³-hybridized carbons (Fsp3) is 0.192. The lowest BCUT2D eigenvalue weighted by molar-refractivity contribution is 0.0729. The summed E-state index contributed by atoms with van der Waals surface area (Å²) in [7, 11) is 1.48. The monoisotopic (exact) mass is 572 g/mol. The van der Waals surface area contributed by atoms with Crippen LogP contribution < -0.4 is 19.6 Å². The van der Waals surface area contributed by atoms with Crippen molar-refractivity contribution in [2.24, 2.45) is 5.10 Å². The molecular weight excluding hydrogens is 547 g/mol. The summed E-state index contributed by atoms with van der Waals surface area (Å²) in [5.74, 6) is 0.530. The minimum atomic E-state index is -0.510. The predicted molar refractivity (Wildman–Crippen MR) is 139 cm³/mol. The third-order valence-corrected chi connectivity index (χ3v) is 5.69. The van der Waals surface area contributed by atoms with Crippen LogP contribution in [0, 0.1) is 3.57 Å². The van der Waals surface area contributed by atoms with E-state index < -0.39 is 5.97 Å². The molecule has 1 N–H and O–H groups in total. The minimum Gasteiger partial charge on any atom is -0.494 e. The van der Waals surface area contributed by atoms with Crippen molar-refractivity contribution in [1.29, 1.82) is 0 Å². The summed E-state index contributed by atoms with van der Waals surface area (Å²) in [6.07, 6.45) is 3.51. The Morgan fingerprint density at radius 1 is 1.03 bits per heavy atom. The number of carbonyl (C=O) groups excluding carboxylic acids is 2. The third kappa shape index (κ3) is 7.05. The number of ether oxygens (including phenoxy) is 3. The second kappa shape index (κ2) is 12.7. The van der Waals surface area contributed by atoms with Gasteiger partial charge in [0.1, 0.15) is 5.75 Å². The SMILES string of the molecule is CCCCOc1ccc(C(=O)Oc2ccc(C=NNC(=O)c3ccccc3I)cc2OC)cc1. The second-order valence-corrected chi connectivity index (χ2v) is 8.37. The highest BCUT2D eigenvalue weighted by Crippen LogP contribution is 2.28. The molecule has 0 aromatic heterocycles. The van der Waals surface area contributed by atoms with Crippen molar-refractivity contribution in [1.82, 2.24) is 5.43 Å². The van der Waals surface area contributed by atoms with Crippen LogP contribution in [0.2, 0.25) is 0 Å². The highest BCUT2D eigenvalue weighted by Gasteiger charge is 2.13. The van der Waals surface area contributed by atoms with Crippen LogP contribution in [0.15, 0.2) is 71.8 Å². The maximum absolute atomic E-state index is 12.6. The van der Waals surface area contributed by atoms with Crippen LogP contribution in [0.1, 0.15) is 46.0 Å². The molecule has 0 unspecified atom stereocenters. The van der Waals surface area contributed by atoms with Crippen LogP contribution in [0.25, 0.3) is 0 Å². The van der Waals surface area contributed by atoms with E-state index in [1.54, 1.807) is 54.6 Å². The molecule has 0 aliphatic carbocycles. The maximum atomic E-state index is 12.6. The number of rotatable bonds is 10. The van der Waals surface area contributed by atoms with Crippen molar-refractivity contribution in [2.75, 3.05) is 13.7 Å². The molecule has 34 heavy (non-hydrogen) atoms. The molecule has 0 fully saturated rings. The smallest absolute Gasteiger partial charge is 0.343 e. The normalized spacial score (nSPS) is 10.7. The van der Waals surface area contributed by atoms with Gasteiger partial charge in [0, 0.05) is 3.57 Å². The first-order valence-electron chi connectivity index (χ1n) is 10.7. The van der Waals surface area contributed by atoms with Crippen molar-refractivity contribution >= 4 is 40.7 Å². The van der Waals surface area contributed by atoms with Gasteiger partial charge in [-0.15, -0.1) is 0 Å². The average molecular weight is 572 g/mol. The molecule has 3 aromatic rings. The van der Waals surface area contributed by atoms with Crippen molar-refractivity contribution in [3.63, 3.8) is 0 Å². The van der Waals surface area contributed by atoms with E-state index in [0.717, 1.165) is 16.4 Å². The molecule has 3 aromatic carbocycles. The Morgan fingerprint density at radius 3 is 2.50 bits per heavy atom. The Kier molecular flexibility index (Phi) is 9.45. The van der Waals surface area contributed by atoms with Gasteiger partial charge in [0.15, 0.2) is 11.5 Å². The summed E-state index contributed by atoms with van der Waals surface area (Å²) in [6, 6.07) is 19.0. The second-order valence-electron chi connectivity index (χ2n) is 7.21. The molecule has 0 heterocycles. The van der Waals surface area contributed by atoms with E-state index in [9.17, 15) is 9.59 Å². The Bertz CT molecular complexity index is 1160. The number of nitrogens with one attached hydrogen (secondary N) is 1. The molecule has 176 valence electrons. The van der Waals surface area contributed by atoms with E-state index in [1.165, 1.54) is 13.3 Å². The zero-order valence-electron chi connectivity index (χ0n) is 18.9. The number of hydrazone groups is 1. The quantitative estimate of drug-likeness (QED) is 0.0871. The summed E-state index contributed by atoms with van der Waals surface area (Å²) in [5, 5.41) is 4.00. The fourth-order valence-electron chi connectivity index (χ4n) is 2.90. The zero-order valence-corrected chi connectivity index (χ0v) is 21.1. The van der Waals surface area contributed by atoms with Gasteiger partial charge in [-0.3, -0.25) is 4.79 Å². The topological polar surface area (TPSA) is 86.2 Å². The van der Waals surface area contributed by atoms with Crippen molar-refractivity contribution in [3.8, 4) is 17.2 Å². The molecule has 7 nitrogen and oxygen atoms in total. The Labute approximate surface area is 212 Å². The molecule has 8 heteroatoms. The van der Waals surface area contributed by atoms with E-state index in [-0.39, 0.29) is 11.7 Å². The number of halogens is 1. The molecular formula is C26H25IN2O5. The maximum Gasteiger partial charge on any atom is 0.343 e. The predicted octanol–water partition coefficient (Wildman–Crippen LogP) is 5.46. The molecule has 0 aliphatic heterocycles. The standard InChI is InChI=1S/C26H25IN2O5/c1-3-4-15-33-20-12-10-19(11-13-20)26(31)34-23-14-9-18(16-24(23)32-2)17-28-29-25(30)21-7-5-6-8-22(21)27/h5-14,16-17H,3-4,15H2,1-2H3,(H,29,30). The van der Waals surface area contributed by atoms with E-state index in [1.807, 2.05) is 12.1 Å². The van der Waals surface area contributed by atoms with Gasteiger partial charge in [0.05, 0.1) is 31.1 Å². The summed E-state index contributed by atoms with van der Waals surface area (Å²) in [4.78, 5) is 24.8. The first-order valence-corrected chi connectivity index (χ1v) is 11.8. The molecule has 0 bridgehead atoms. The first kappa shape index (κ1) is 25.2. The molecule has 0 atom stereocenters. The van der Waals surface area contributed by atoms with Gasteiger partial charge in [-0.05, 0) is 89.2 Å². The van der Waals surface area contributed by atoms with Gasteiger partial charge in [-0.25, -0.2) is 10.2 Å². The van der Waals surface area contributed by atoms with Crippen molar-refractivity contribution < 1.29 is 23.8 Å². The fourth-order valence-corrected chi connectivity index (χ4v) is 3.53. The Balaban J connectivity index is 1.62. The molecule has 1 amide bonds. The number of carbonyl (C=O) groups is 2. The molecule has 0 saturated carbocycles. The third-order valence-electron chi connectivity index (χ3n) is 4.75. The lowest BCUT2D eigenvalue weighted by Gasteiger charge is -2.10. The van der Waals surface area contributed by atoms with Crippen LogP contribution in [0.5, 0.6) is 17.2 Å².